The zero-order valence-corrected chi connectivity index (χ0v) is 12.2. The van der Waals surface area contributed by atoms with Crippen molar-refractivity contribution in [1.29, 1.82) is 0 Å². The molecular weight excluding hydrogens is 236 g/mol. The van der Waals surface area contributed by atoms with E-state index in [1.54, 1.807) is 6.20 Å². The molecule has 4 nitrogen and oxygen atoms in total. The highest BCUT2D eigenvalue weighted by atomic mass is 15.2. The molecule has 1 aliphatic heterocycles. The molecule has 2 rings (SSSR count). The Balaban J connectivity index is 1.85. The van der Waals surface area contributed by atoms with Crippen molar-refractivity contribution in [3.8, 4) is 0 Å². The first kappa shape index (κ1) is 14.3. The van der Waals surface area contributed by atoms with Crippen LogP contribution < -0.4 is 5.32 Å². The predicted molar refractivity (Wildman–Crippen MR) is 79.4 cm³/mol. The molecular formula is C15H26N4. The topological polar surface area (TPSA) is 41.0 Å². The zero-order chi connectivity index (χ0) is 13.5. The van der Waals surface area contributed by atoms with Gasteiger partial charge in [-0.2, -0.15) is 0 Å². The number of anilines is 1. The summed E-state index contributed by atoms with van der Waals surface area (Å²) in [6.07, 6.45) is 10.2. The van der Waals surface area contributed by atoms with Crippen LogP contribution in [0.15, 0.2) is 12.4 Å². The van der Waals surface area contributed by atoms with Gasteiger partial charge in [-0.3, -0.25) is 9.88 Å². The maximum absolute atomic E-state index is 4.45. The van der Waals surface area contributed by atoms with Crippen molar-refractivity contribution in [2.24, 2.45) is 0 Å². The van der Waals surface area contributed by atoms with E-state index in [-0.39, 0.29) is 0 Å². The molecule has 1 N–H and O–H groups in total. The third kappa shape index (κ3) is 4.46. The quantitative estimate of drug-likeness (QED) is 0.856. The van der Waals surface area contributed by atoms with Gasteiger partial charge in [-0.1, -0.05) is 19.8 Å². The van der Waals surface area contributed by atoms with E-state index in [2.05, 4.69) is 27.1 Å². The van der Waals surface area contributed by atoms with Gasteiger partial charge in [0.25, 0.3) is 0 Å². The summed E-state index contributed by atoms with van der Waals surface area (Å²) in [5.74, 6) is 0.904. The molecule has 1 unspecified atom stereocenters. The molecule has 1 aliphatic rings. The monoisotopic (exact) mass is 262 g/mol. The Morgan fingerprint density at radius 3 is 3.05 bits per heavy atom. The second-order valence-electron chi connectivity index (χ2n) is 5.47. The lowest BCUT2D eigenvalue weighted by atomic mass is 10.0. The van der Waals surface area contributed by atoms with Crippen LogP contribution in [0.5, 0.6) is 0 Å². The number of nitrogens with one attached hydrogen (secondary N) is 1. The summed E-state index contributed by atoms with van der Waals surface area (Å²) in [5.41, 5.74) is 0.969. The maximum Gasteiger partial charge on any atom is 0.144 e. The fourth-order valence-corrected chi connectivity index (χ4v) is 2.72. The van der Waals surface area contributed by atoms with Gasteiger partial charge < -0.3 is 5.32 Å². The molecule has 1 aromatic heterocycles. The summed E-state index contributed by atoms with van der Waals surface area (Å²) in [6.45, 7) is 7.72. The minimum absolute atomic E-state index is 0.655. The van der Waals surface area contributed by atoms with E-state index in [1.165, 1.54) is 45.2 Å². The molecule has 2 heterocycles. The number of rotatable bonds is 6. The number of hydrogen-bond acceptors (Lipinski definition) is 4. The molecule has 0 saturated carbocycles. The first-order valence-electron chi connectivity index (χ1n) is 7.56. The normalized spacial score (nSPS) is 20.4. The number of piperidine rings is 1. The van der Waals surface area contributed by atoms with E-state index in [0.29, 0.717) is 6.04 Å². The molecule has 0 spiro atoms. The first-order valence-corrected chi connectivity index (χ1v) is 7.56. The van der Waals surface area contributed by atoms with Crippen molar-refractivity contribution in [3.05, 3.63) is 18.1 Å². The summed E-state index contributed by atoms with van der Waals surface area (Å²) in [4.78, 5) is 11.3. The summed E-state index contributed by atoms with van der Waals surface area (Å²) in [6, 6.07) is 0.655. The van der Waals surface area contributed by atoms with Crippen LogP contribution in [0.4, 0.5) is 5.82 Å². The Labute approximate surface area is 116 Å². The average molecular weight is 262 g/mol. The Bertz CT molecular complexity index is 380. The second kappa shape index (κ2) is 7.43. The number of nitrogens with zero attached hydrogens (tertiary/aromatic N) is 3. The highest BCUT2D eigenvalue weighted by molar-refractivity contribution is 5.31. The van der Waals surface area contributed by atoms with Crippen LogP contribution in [0.2, 0.25) is 0 Å². The van der Waals surface area contributed by atoms with Gasteiger partial charge in [-0.25, -0.2) is 4.98 Å². The lowest BCUT2D eigenvalue weighted by molar-refractivity contribution is 0.154. The van der Waals surface area contributed by atoms with Crippen molar-refractivity contribution in [2.45, 2.75) is 52.0 Å². The van der Waals surface area contributed by atoms with Gasteiger partial charge in [0.1, 0.15) is 5.82 Å². The van der Waals surface area contributed by atoms with Crippen LogP contribution in [0.1, 0.15) is 44.7 Å². The molecule has 0 amide bonds. The molecule has 19 heavy (non-hydrogen) atoms. The van der Waals surface area contributed by atoms with Crippen molar-refractivity contribution in [3.63, 3.8) is 0 Å². The highest BCUT2D eigenvalue weighted by Crippen LogP contribution is 2.18. The Hall–Kier alpha value is -1.16. The fraction of sp³-hybridized carbons (Fsp3) is 0.733. The van der Waals surface area contributed by atoms with Crippen LogP contribution in [0, 0.1) is 6.92 Å². The third-order valence-electron chi connectivity index (χ3n) is 3.82. The highest BCUT2D eigenvalue weighted by Gasteiger charge is 2.21. The first-order chi connectivity index (χ1) is 9.29. The molecule has 1 aromatic rings. The molecule has 1 atom stereocenters. The minimum Gasteiger partial charge on any atom is -0.367 e. The number of aryl methyl sites for hydroxylation is 1. The summed E-state index contributed by atoms with van der Waals surface area (Å²) in [7, 11) is 0. The average Bonchev–Trinajstić information content (AvgIpc) is 2.44. The predicted octanol–water partition coefficient (Wildman–Crippen LogP) is 2.85. The lowest BCUT2D eigenvalue weighted by Gasteiger charge is -2.35. The third-order valence-corrected chi connectivity index (χ3v) is 3.82. The molecule has 0 radical (unpaired) electrons. The van der Waals surface area contributed by atoms with Crippen molar-refractivity contribution < 1.29 is 0 Å². The smallest absolute Gasteiger partial charge is 0.144 e. The van der Waals surface area contributed by atoms with Gasteiger partial charge in [0.15, 0.2) is 0 Å². The van der Waals surface area contributed by atoms with E-state index in [0.717, 1.165) is 18.1 Å². The fourth-order valence-electron chi connectivity index (χ4n) is 2.72. The van der Waals surface area contributed by atoms with Gasteiger partial charge in [-0.15, -0.1) is 0 Å². The number of hydrogen-bond donors (Lipinski definition) is 1. The van der Waals surface area contributed by atoms with E-state index in [9.17, 15) is 0 Å². The summed E-state index contributed by atoms with van der Waals surface area (Å²) < 4.78 is 0. The van der Waals surface area contributed by atoms with Gasteiger partial charge in [-0.05, 0) is 39.3 Å². The summed E-state index contributed by atoms with van der Waals surface area (Å²) >= 11 is 0. The lowest BCUT2D eigenvalue weighted by Crippen LogP contribution is -2.44. The Kier molecular flexibility index (Phi) is 5.58. The van der Waals surface area contributed by atoms with Crippen LogP contribution in [-0.4, -0.2) is 40.5 Å². The van der Waals surface area contributed by atoms with Gasteiger partial charge in [0.05, 0.1) is 11.9 Å². The number of aromatic nitrogens is 2. The molecule has 0 bridgehead atoms. The molecule has 4 heteroatoms. The molecule has 0 aliphatic carbocycles. The van der Waals surface area contributed by atoms with Crippen LogP contribution in [0.3, 0.4) is 0 Å². The second-order valence-corrected chi connectivity index (χ2v) is 5.47. The SMILES string of the molecule is CCCCN1CCCCC1CNc1cncc(C)n1. The van der Waals surface area contributed by atoms with Crippen molar-refractivity contribution >= 4 is 5.82 Å². The summed E-state index contributed by atoms with van der Waals surface area (Å²) in [5, 5.41) is 3.45. The number of likely N-dealkylation sites (tertiary alicyclic amines) is 1. The van der Waals surface area contributed by atoms with Gasteiger partial charge in [0.2, 0.25) is 0 Å². The minimum atomic E-state index is 0.655. The standard InChI is InChI=1S/C15H26N4/c1-3-4-8-19-9-6-5-7-14(19)11-17-15-12-16-10-13(2)18-15/h10,12,14H,3-9,11H2,1-2H3,(H,17,18). The van der Waals surface area contributed by atoms with Crippen LogP contribution >= 0.6 is 0 Å². The van der Waals surface area contributed by atoms with Gasteiger partial charge >= 0.3 is 0 Å². The van der Waals surface area contributed by atoms with E-state index in [1.807, 2.05) is 13.1 Å². The van der Waals surface area contributed by atoms with E-state index >= 15 is 0 Å². The molecule has 0 aromatic carbocycles. The van der Waals surface area contributed by atoms with Gasteiger partial charge in [0, 0.05) is 18.8 Å². The van der Waals surface area contributed by atoms with Crippen LogP contribution in [0.25, 0.3) is 0 Å². The largest absolute Gasteiger partial charge is 0.367 e. The Morgan fingerprint density at radius 2 is 2.26 bits per heavy atom. The molecule has 1 saturated heterocycles. The van der Waals surface area contributed by atoms with E-state index in [4.69, 9.17) is 0 Å². The molecule has 1 fully saturated rings. The van der Waals surface area contributed by atoms with Crippen molar-refractivity contribution in [1.82, 2.24) is 14.9 Å². The van der Waals surface area contributed by atoms with Crippen LogP contribution in [-0.2, 0) is 0 Å². The maximum atomic E-state index is 4.45. The Morgan fingerprint density at radius 1 is 1.37 bits per heavy atom. The number of unbranched alkanes of at least 4 members (excludes halogenated alkanes) is 1. The zero-order valence-electron chi connectivity index (χ0n) is 12.2. The molecule has 106 valence electrons. The van der Waals surface area contributed by atoms with E-state index < -0.39 is 0 Å². The van der Waals surface area contributed by atoms with Crippen molar-refractivity contribution in [2.75, 3.05) is 25.0 Å².